The number of urea groups is 1. The van der Waals surface area contributed by atoms with Gasteiger partial charge in [-0.1, -0.05) is 0 Å². The molecule has 3 aromatic rings. The molecule has 7 nitrogen and oxygen atoms in total. The summed E-state index contributed by atoms with van der Waals surface area (Å²) in [5.41, 5.74) is 2.40. The largest absolute Gasteiger partial charge is 0.381 e. The summed E-state index contributed by atoms with van der Waals surface area (Å²) >= 11 is 0. The van der Waals surface area contributed by atoms with Gasteiger partial charge in [0.15, 0.2) is 5.82 Å². The molecule has 3 aliphatic rings. The average Bonchev–Trinajstić information content (AvgIpc) is 3.17. The number of fused-ring (bicyclic) bond motifs is 3. The number of benzene rings is 1. The summed E-state index contributed by atoms with van der Waals surface area (Å²) in [6, 6.07) is 6.86. The number of piperidine rings is 1. The third kappa shape index (κ3) is 3.04. The minimum absolute atomic E-state index is 0.139. The molecule has 2 amide bonds. The summed E-state index contributed by atoms with van der Waals surface area (Å²) in [5, 5.41) is 7.24. The quantitative estimate of drug-likeness (QED) is 0.735. The Morgan fingerprint density at radius 2 is 2.07 bits per heavy atom. The van der Waals surface area contributed by atoms with E-state index < -0.39 is 5.82 Å². The second kappa shape index (κ2) is 6.81. The van der Waals surface area contributed by atoms with Gasteiger partial charge >= 0.3 is 6.03 Å². The number of aryl methyl sites for hydroxylation is 1. The summed E-state index contributed by atoms with van der Waals surface area (Å²) < 4.78 is 21.7. The van der Waals surface area contributed by atoms with Crippen molar-refractivity contribution >= 4 is 17.2 Å². The van der Waals surface area contributed by atoms with Gasteiger partial charge in [-0.25, -0.2) is 18.7 Å². The number of ether oxygens (including phenoxy) is 1. The fourth-order valence-electron chi connectivity index (χ4n) is 4.49. The molecule has 2 aliphatic heterocycles. The Bertz CT molecular complexity index is 1090. The fraction of sp³-hybridized carbons (Fsp3) is 0.381. The summed E-state index contributed by atoms with van der Waals surface area (Å²) in [5.74, 6) is 0.00699. The summed E-state index contributed by atoms with van der Waals surface area (Å²) in [6.07, 6.45) is 6.39. The molecule has 2 unspecified atom stereocenters. The average molecular weight is 395 g/mol. The van der Waals surface area contributed by atoms with E-state index in [1.165, 1.54) is 6.07 Å². The number of aromatic nitrogens is 3. The Kier molecular flexibility index (Phi) is 4.24. The zero-order chi connectivity index (χ0) is 20.1. The molecule has 2 bridgehead atoms. The second-order valence-corrected chi connectivity index (χ2v) is 7.82. The summed E-state index contributed by atoms with van der Waals surface area (Å²) in [4.78, 5) is 19.0. The third-order valence-corrected chi connectivity index (χ3v) is 6.05. The van der Waals surface area contributed by atoms with Crippen molar-refractivity contribution in [3.63, 3.8) is 0 Å². The highest BCUT2D eigenvalue weighted by Gasteiger charge is 2.48. The van der Waals surface area contributed by atoms with E-state index in [0.717, 1.165) is 24.8 Å². The number of carbonyl (C=O) groups excluding carboxylic acids is 1. The van der Waals surface area contributed by atoms with Crippen molar-refractivity contribution in [2.75, 3.05) is 12.4 Å². The van der Waals surface area contributed by atoms with Crippen LogP contribution < -0.4 is 5.32 Å². The highest BCUT2D eigenvalue weighted by molar-refractivity contribution is 5.91. The van der Waals surface area contributed by atoms with Gasteiger partial charge in [-0.3, -0.25) is 0 Å². The van der Waals surface area contributed by atoms with Gasteiger partial charge in [0, 0.05) is 31.0 Å². The number of rotatable bonds is 3. The van der Waals surface area contributed by atoms with Crippen LogP contribution >= 0.6 is 0 Å². The molecule has 1 aromatic carbocycles. The number of nitrogens with one attached hydrogen (secondary N) is 1. The number of nitrogens with zero attached hydrogens (tertiary/aromatic N) is 4. The molecule has 2 aromatic heterocycles. The molecule has 8 heteroatoms. The Balaban J connectivity index is 1.41. The van der Waals surface area contributed by atoms with Crippen LogP contribution in [0.5, 0.6) is 0 Å². The Morgan fingerprint density at radius 3 is 2.83 bits per heavy atom. The highest BCUT2D eigenvalue weighted by atomic mass is 19.1. The van der Waals surface area contributed by atoms with Crippen molar-refractivity contribution in [1.82, 2.24) is 19.5 Å². The van der Waals surface area contributed by atoms with Gasteiger partial charge in [0.2, 0.25) is 0 Å². The van der Waals surface area contributed by atoms with Gasteiger partial charge in [-0.2, -0.15) is 0 Å². The molecule has 2 atom stereocenters. The Morgan fingerprint density at radius 1 is 1.28 bits per heavy atom. The standard InChI is InChI=1S/C21H22FN5O2/c1-12-6-18(22)19(10-17(12)20-23-11-13-4-3-5-26(13)25-20)24-21(28)27-14-7-15(27)9-16(8-14)29-2/h3-6,10-11,14-16H,7-9H2,1-2H3,(H,24,28). The molecule has 3 fully saturated rings. The first-order valence-electron chi connectivity index (χ1n) is 9.76. The molecule has 0 radical (unpaired) electrons. The van der Waals surface area contributed by atoms with Crippen LogP contribution in [0.4, 0.5) is 14.9 Å². The van der Waals surface area contributed by atoms with Gasteiger partial charge in [0.05, 0.1) is 23.5 Å². The number of amides is 2. The van der Waals surface area contributed by atoms with E-state index in [2.05, 4.69) is 15.4 Å². The SMILES string of the molecule is COC1CC2CC(C1)N2C(=O)Nc1cc(-c2ncc3cccn3n2)c(C)cc1F. The molecule has 4 heterocycles. The van der Waals surface area contributed by atoms with Crippen LogP contribution in [0.25, 0.3) is 16.9 Å². The first-order valence-corrected chi connectivity index (χ1v) is 9.76. The van der Waals surface area contributed by atoms with Crippen LogP contribution in [0.3, 0.4) is 0 Å². The van der Waals surface area contributed by atoms with Crippen LogP contribution in [0, 0.1) is 12.7 Å². The lowest BCUT2D eigenvalue weighted by Crippen LogP contribution is -2.65. The lowest BCUT2D eigenvalue weighted by molar-refractivity contribution is -0.0636. The van der Waals surface area contributed by atoms with E-state index in [4.69, 9.17) is 4.74 Å². The van der Waals surface area contributed by atoms with Crippen molar-refractivity contribution in [1.29, 1.82) is 0 Å². The molecule has 6 rings (SSSR count). The summed E-state index contributed by atoms with van der Waals surface area (Å²) in [7, 11) is 1.70. The first kappa shape index (κ1) is 18.1. The lowest BCUT2D eigenvalue weighted by Gasteiger charge is -2.54. The van der Waals surface area contributed by atoms with Gasteiger partial charge in [0.1, 0.15) is 5.82 Å². The zero-order valence-electron chi connectivity index (χ0n) is 16.3. The molecular formula is C21H22FN5O2. The molecule has 0 spiro atoms. The van der Waals surface area contributed by atoms with E-state index in [9.17, 15) is 9.18 Å². The predicted molar refractivity (Wildman–Crippen MR) is 106 cm³/mol. The summed E-state index contributed by atoms with van der Waals surface area (Å²) in [6.45, 7) is 1.80. The van der Waals surface area contributed by atoms with Crippen LogP contribution in [-0.2, 0) is 4.74 Å². The monoisotopic (exact) mass is 395 g/mol. The molecule has 1 aliphatic carbocycles. The zero-order valence-corrected chi connectivity index (χ0v) is 16.3. The number of methoxy groups -OCH3 is 1. The molecular weight excluding hydrogens is 373 g/mol. The van der Waals surface area contributed by atoms with Crippen molar-refractivity contribution in [2.45, 2.75) is 44.4 Å². The lowest BCUT2D eigenvalue weighted by atomic mass is 9.78. The van der Waals surface area contributed by atoms with Crippen LogP contribution in [0.1, 0.15) is 24.8 Å². The fourth-order valence-corrected chi connectivity index (χ4v) is 4.49. The number of anilines is 1. The van der Waals surface area contributed by atoms with Crippen molar-refractivity contribution < 1.29 is 13.9 Å². The smallest absolute Gasteiger partial charge is 0.322 e. The normalized spacial score (nSPS) is 23.1. The Hall–Kier alpha value is -3.00. The first-order chi connectivity index (χ1) is 14.0. The predicted octanol–water partition coefficient (Wildman–Crippen LogP) is 3.63. The minimum atomic E-state index is -0.470. The van der Waals surface area contributed by atoms with E-state index in [0.29, 0.717) is 17.0 Å². The minimum Gasteiger partial charge on any atom is -0.381 e. The maximum Gasteiger partial charge on any atom is 0.322 e. The Labute approximate surface area is 167 Å². The molecule has 2 saturated heterocycles. The van der Waals surface area contributed by atoms with Crippen molar-refractivity contribution in [3.05, 3.63) is 48.0 Å². The van der Waals surface area contributed by atoms with Crippen LogP contribution in [0.15, 0.2) is 36.7 Å². The van der Waals surface area contributed by atoms with E-state index >= 15 is 0 Å². The third-order valence-electron chi connectivity index (χ3n) is 6.05. The highest BCUT2D eigenvalue weighted by Crippen LogP contribution is 2.40. The van der Waals surface area contributed by atoms with Gasteiger partial charge in [-0.05, 0) is 56.0 Å². The van der Waals surface area contributed by atoms with Crippen LogP contribution in [-0.4, -0.2) is 50.8 Å². The van der Waals surface area contributed by atoms with E-state index in [1.807, 2.05) is 23.2 Å². The molecule has 1 N–H and O–H groups in total. The topological polar surface area (TPSA) is 71.8 Å². The van der Waals surface area contributed by atoms with Gasteiger partial charge < -0.3 is 15.0 Å². The van der Waals surface area contributed by atoms with Gasteiger partial charge in [-0.15, -0.1) is 5.10 Å². The second-order valence-electron chi connectivity index (χ2n) is 7.82. The number of hydrogen-bond acceptors (Lipinski definition) is 4. The maximum atomic E-state index is 14.6. The number of hydrogen-bond donors (Lipinski definition) is 1. The van der Waals surface area contributed by atoms with Crippen molar-refractivity contribution in [3.8, 4) is 11.4 Å². The van der Waals surface area contributed by atoms with Crippen molar-refractivity contribution in [2.24, 2.45) is 0 Å². The maximum absolute atomic E-state index is 14.6. The number of halogens is 1. The number of carbonyl (C=O) groups is 1. The van der Waals surface area contributed by atoms with Gasteiger partial charge in [0.25, 0.3) is 0 Å². The molecule has 1 saturated carbocycles. The van der Waals surface area contributed by atoms with E-state index in [-0.39, 0.29) is 29.9 Å². The van der Waals surface area contributed by atoms with Crippen LogP contribution in [0.2, 0.25) is 0 Å². The molecule has 150 valence electrons. The van der Waals surface area contributed by atoms with E-state index in [1.54, 1.807) is 30.8 Å². The molecule has 29 heavy (non-hydrogen) atoms.